The molecule has 0 N–H and O–H groups in total. The molecule has 0 amide bonds. The summed E-state index contributed by atoms with van der Waals surface area (Å²) in [5, 5.41) is 6.10. The monoisotopic (exact) mass is 765 g/mol. The smallest absolute Gasteiger partial charge is 0.137 e. The Morgan fingerprint density at radius 3 is 1.40 bits per heavy atom. The van der Waals surface area contributed by atoms with E-state index >= 15 is 0 Å². The summed E-state index contributed by atoms with van der Waals surface area (Å²) in [4.78, 5) is 2.35. The van der Waals surface area contributed by atoms with Gasteiger partial charge in [-0.2, -0.15) is 0 Å². The van der Waals surface area contributed by atoms with Crippen LogP contribution in [0.5, 0.6) is 0 Å². The van der Waals surface area contributed by atoms with E-state index in [1.807, 2.05) is 12.1 Å². The molecule has 1 aromatic heterocycles. The molecular formula is C58H39NO. The van der Waals surface area contributed by atoms with Gasteiger partial charge in [0.1, 0.15) is 11.3 Å². The highest BCUT2D eigenvalue weighted by atomic mass is 16.3. The topological polar surface area (TPSA) is 16.4 Å². The van der Waals surface area contributed by atoms with Crippen LogP contribution in [0.15, 0.2) is 241 Å². The second-order valence-corrected chi connectivity index (χ2v) is 15.3. The van der Waals surface area contributed by atoms with Gasteiger partial charge in [-0.1, -0.05) is 164 Å². The Kier molecular flexibility index (Phi) is 8.87. The minimum atomic E-state index is 0.832. The maximum atomic E-state index is 6.52. The number of rotatable bonds is 8. The third-order valence-electron chi connectivity index (χ3n) is 11.6. The summed E-state index contributed by atoms with van der Waals surface area (Å²) < 4.78 is 6.52. The second-order valence-electron chi connectivity index (χ2n) is 15.3. The first-order valence-electron chi connectivity index (χ1n) is 20.5. The maximum absolute atomic E-state index is 6.52. The molecule has 0 bridgehead atoms. The lowest BCUT2D eigenvalue weighted by molar-refractivity contribution is 0.631. The summed E-state index contributed by atoms with van der Waals surface area (Å²) in [5.41, 5.74) is 14.5. The molecule has 1 heterocycles. The lowest BCUT2D eigenvalue weighted by atomic mass is 9.93. The Morgan fingerprint density at radius 1 is 0.283 bits per heavy atom. The number of benzene rings is 10. The van der Waals surface area contributed by atoms with E-state index in [4.69, 9.17) is 4.42 Å². The van der Waals surface area contributed by atoms with Crippen molar-refractivity contribution in [3.8, 4) is 55.8 Å². The first-order valence-corrected chi connectivity index (χ1v) is 20.5. The van der Waals surface area contributed by atoms with Crippen LogP contribution in [-0.2, 0) is 0 Å². The van der Waals surface area contributed by atoms with Gasteiger partial charge in [-0.3, -0.25) is 0 Å². The quantitative estimate of drug-likeness (QED) is 0.143. The minimum absolute atomic E-state index is 0.832. The van der Waals surface area contributed by atoms with E-state index in [9.17, 15) is 0 Å². The van der Waals surface area contributed by atoms with Crippen molar-refractivity contribution >= 4 is 49.6 Å². The van der Waals surface area contributed by atoms with Crippen molar-refractivity contribution in [1.29, 1.82) is 0 Å². The molecule has 60 heavy (non-hydrogen) atoms. The van der Waals surface area contributed by atoms with E-state index in [1.165, 1.54) is 60.5 Å². The first-order chi connectivity index (χ1) is 29.7. The van der Waals surface area contributed by atoms with Crippen molar-refractivity contribution in [2.75, 3.05) is 4.90 Å². The first kappa shape index (κ1) is 35.2. The molecule has 0 spiro atoms. The third-order valence-corrected chi connectivity index (χ3v) is 11.6. The zero-order chi connectivity index (χ0) is 39.8. The van der Waals surface area contributed by atoms with Gasteiger partial charge in [-0.25, -0.2) is 0 Å². The second kappa shape index (κ2) is 15.1. The summed E-state index contributed by atoms with van der Waals surface area (Å²) in [5.74, 6) is 0.832. The lowest BCUT2D eigenvalue weighted by Crippen LogP contribution is -2.11. The highest BCUT2D eigenvalue weighted by molar-refractivity contribution is 6.13. The number of anilines is 3. The van der Waals surface area contributed by atoms with E-state index in [-0.39, 0.29) is 0 Å². The minimum Gasteiger partial charge on any atom is -0.456 e. The normalized spacial score (nSPS) is 11.3. The molecule has 0 radical (unpaired) electrons. The van der Waals surface area contributed by atoms with E-state index in [0.717, 1.165) is 44.9 Å². The highest BCUT2D eigenvalue weighted by Gasteiger charge is 2.20. The fourth-order valence-electron chi connectivity index (χ4n) is 8.69. The SMILES string of the molecule is c1ccc(-c2cc(-c3ccccc3)cc(-c3ccc(N(c4ccc(-c5cc6ccccc6c6ccccc56)cc4)c4ccccc4-c4cc5ccccc5o4)cc3)c2)cc1. The molecule has 2 heteroatoms. The van der Waals surface area contributed by atoms with Gasteiger partial charge in [0.2, 0.25) is 0 Å². The number of fused-ring (bicyclic) bond motifs is 4. The molecule has 0 aliphatic carbocycles. The van der Waals surface area contributed by atoms with E-state index in [2.05, 4.69) is 229 Å². The highest BCUT2D eigenvalue weighted by Crippen LogP contribution is 2.44. The van der Waals surface area contributed by atoms with E-state index < -0.39 is 0 Å². The Morgan fingerprint density at radius 2 is 0.767 bits per heavy atom. The van der Waals surface area contributed by atoms with Crippen LogP contribution in [0, 0.1) is 0 Å². The molecule has 10 aromatic carbocycles. The largest absolute Gasteiger partial charge is 0.456 e. The number of hydrogen-bond acceptors (Lipinski definition) is 2. The molecule has 0 fully saturated rings. The predicted molar refractivity (Wildman–Crippen MR) is 253 cm³/mol. The van der Waals surface area contributed by atoms with Gasteiger partial charge in [0.05, 0.1) is 5.69 Å². The van der Waals surface area contributed by atoms with E-state index in [1.54, 1.807) is 0 Å². The van der Waals surface area contributed by atoms with Crippen molar-refractivity contribution in [2.45, 2.75) is 0 Å². The molecule has 2 nitrogen and oxygen atoms in total. The van der Waals surface area contributed by atoms with Crippen LogP contribution in [0.25, 0.3) is 88.3 Å². The third kappa shape index (κ3) is 6.51. The molecule has 0 saturated carbocycles. The molecule has 0 atom stereocenters. The number of hydrogen-bond donors (Lipinski definition) is 0. The average molecular weight is 766 g/mol. The fraction of sp³-hybridized carbons (Fsp3) is 0. The Bertz CT molecular complexity index is 3200. The molecule has 0 aliphatic rings. The van der Waals surface area contributed by atoms with Crippen molar-refractivity contribution in [1.82, 2.24) is 0 Å². The Hall–Kier alpha value is -7.94. The molecule has 0 unspecified atom stereocenters. The van der Waals surface area contributed by atoms with Gasteiger partial charge >= 0.3 is 0 Å². The molecular weight excluding hydrogens is 727 g/mol. The van der Waals surface area contributed by atoms with Gasteiger partial charge in [-0.15, -0.1) is 0 Å². The molecule has 282 valence electrons. The van der Waals surface area contributed by atoms with Crippen molar-refractivity contribution in [3.63, 3.8) is 0 Å². The molecule has 0 saturated heterocycles. The van der Waals surface area contributed by atoms with Crippen molar-refractivity contribution < 1.29 is 4.42 Å². The summed E-state index contributed by atoms with van der Waals surface area (Å²) in [6.45, 7) is 0. The number of nitrogens with zero attached hydrogens (tertiary/aromatic N) is 1. The van der Waals surface area contributed by atoms with Crippen LogP contribution < -0.4 is 4.90 Å². The van der Waals surface area contributed by atoms with Gasteiger partial charge in [0.25, 0.3) is 0 Å². The van der Waals surface area contributed by atoms with Crippen LogP contribution >= 0.6 is 0 Å². The van der Waals surface area contributed by atoms with Crippen LogP contribution in [0.4, 0.5) is 17.1 Å². The fourth-order valence-corrected chi connectivity index (χ4v) is 8.69. The summed E-state index contributed by atoms with van der Waals surface area (Å²) in [7, 11) is 0. The van der Waals surface area contributed by atoms with Gasteiger partial charge in [-0.05, 0) is 139 Å². The lowest BCUT2D eigenvalue weighted by Gasteiger charge is -2.28. The van der Waals surface area contributed by atoms with Crippen LogP contribution in [0.3, 0.4) is 0 Å². The van der Waals surface area contributed by atoms with Crippen LogP contribution in [0.2, 0.25) is 0 Å². The van der Waals surface area contributed by atoms with E-state index in [0.29, 0.717) is 0 Å². The standard InChI is InChI=1S/C58H39NO/c1-3-15-40(16-4-1)46-35-47(41-17-5-2-6-18-41)37-48(36-46)42-27-31-49(32-28-42)59(56-25-13-12-24-54(56)58-39-45-20-8-14-26-57(45)60-58)50-33-29-43(30-34-50)55-38-44-19-7-9-21-51(44)52-22-10-11-23-53(52)55/h1-39H. The van der Waals surface area contributed by atoms with Crippen LogP contribution in [0.1, 0.15) is 0 Å². The Balaban J connectivity index is 1.04. The zero-order valence-corrected chi connectivity index (χ0v) is 32.9. The predicted octanol–water partition coefficient (Wildman–Crippen LogP) is 16.5. The van der Waals surface area contributed by atoms with Gasteiger partial charge < -0.3 is 9.32 Å². The molecule has 11 rings (SSSR count). The molecule has 0 aliphatic heterocycles. The number of para-hydroxylation sites is 2. The molecule has 11 aromatic rings. The maximum Gasteiger partial charge on any atom is 0.137 e. The summed E-state index contributed by atoms with van der Waals surface area (Å²) in [6.07, 6.45) is 0. The summed E-state index contributed by atoms with van der Waals surface area (Å²) in [6, 6.07) is 84.8. The number of furan rings is 1. The van der Waals surface area contributed by atoms with Gasteiger partial charge in [0.15, 0.2) is 0 Å². The van der Waals surface area contributed by atoms with Crippen molar-refractivity contribution in [3.05, 3.63) is 237 Å². The van der Waals surface area contributed by atoms with Crippen molar-refractivity contribution in [2.24, 2.45) is 0 Å². The summed E-state index contributed by atoms with van der Waals surface area (Å²) >= 11 is 0. The Labute approximate surface area is 349 Å². The zero-order valence-electron chi connectivity index (χ0n) is 32.9. The van der Waals surface area contributed by atoms with Gasteiger partial charge in [0, 0.05) is 22.3 Å². The van der Waals surface area contributed by atoms with Crippen LogP contribution in [-0.4, -0.2) is 0 Å². The average Bonchev–Trinajstić information content (AvgIpc) is 3.77.